The van der Waals surface area contributed by atoms with Crippen molar-refractivity contribution < 1.29 is 13.9 Å². The van der Waals surface area contributed by atoms with Gasteiger partial charge in [-0.05, 0) is 42.5 Å². The van der Waals surface area contributed by atoms with Gasteiger partial charge in [0.2, 0.25) is 5.91 Å². The zero-order valence-electron chi connectivity index (χ0n) is 16.5. The van der Waals surface area contributed by atoms with Crippen LogP contribution in [0.2, 0.25) is 0 Å². The van der Waals surface area contributed by atoms with Gasteiger partial charge in [0, 0.05) is 30.0 Å². The van der Waals surface area contributed by atoms with Gasteiger partial charge in [0.25, 0.3) is 0 Å². The average Bonchev–Trinajstić information content (AvgIpc) is 2.71. The predicted octanol–water partition coefficient (Wildman–Crippen LogP) is 3.96. The third kappa shape index (κ3) is 4.42. The van der Waals surface area contributed by atoms with E-state index >= 15 is 0 Å². The molecule has 0 saturated heterocycles. The molecule has 5 heteroatoms. The highest BCUT2D eigenvalue weighted by Crippen LogP contribution is 2.24. The summed E-state index contributed by atoms with van der Waals surface area (Å²) in [7, 11) is 1.57. The molecule has 0 aliphatic rings. The van der Waals surface area contributed by atoms with Crippen LogP contribution >= 0.6 is 0 Å². The Morgan fingerprint density at radius 2 is 1.93 bits per heavy atom. The fourth-order valence-corrected chi connectivity index (χ4v) is 3.28. The number of carbonyl (C=O) groups excluding carboxylic acids is 1. The summed E-state index contributed by atoms with van der Waals surface area (Å²) in [5.41, 5.74) is 2.67. The molecular formula is C23H25NO4. The van der Waals surface area contributed by atoms with E-state index in [1.54, 1.807) is 13.2 Å². The van der Waals surface area contributed by atoms with E-state index in [0.717, 1.165) is 10.9 Å². The van der Waals surface area contributed by atoms with Crippen molar-refractivity contribution in [1.82, 2.24) is 5.32 Å². The number of benzene rings is 2. The maximum atomic E-state index is 12.4. The van der Waals surface area contributed by atoms with Gasteiger partial charge in [-0.3, -0.25) is 4.79 Å². The van der Waals surface area contributed by atoms with Gasteiger partial charge in [-0.1, -0.05) is 37.3 Å². The summed E-state index contributed by atoms with van der Waals surface area (Å²) in [5.74, 6) is 0.790. The minimum Gasteiger partial charge on any atom is -0.497 e. The van der Waals surface area contributed by atoms with Crippen molar-refractivity contribution in [1.29, 1.82) is 0 Å². The molecule has 28 heavy (non-hydrogen) atoms. The molecule has 1 amide bonds. The molecule has 3 rings (SSSR count). The van der Waals surface area contributed by atoms with Gasteiger partial charge >= 0.3 is 5.63 Å². The molecule has 0 spiro atoms. The molecule has 0 bridgehead atoms. The third-order valence-corrected chi connectivity index (χ3v) is 5.07. The van der Waals surface area contributed by atoms with Crippen LogP contribution in [-0.2, 0) is 11.2 Å². The Kier molecular flexibility index (Phi) is 6.14. The minimum atomic E-state index is -0.399. The van der Waals surface area contributed by atoms with Gasteiger partial charge in [0.1, 0.15) is 11.3 Å². The molecule has 2 aromatic carbocycles. The van der Waals surface area contributed by atoms with Crippen molar-refractivity contribution in [2.75, 3.05) is 13.7 Å². The molecule has 0 aliphatic carbocycles. The second kappa shape index (κ2) is 8.74. The van der Waals surface area contributed by atoms with Gasteiger partial charge in [0.15, 0.2) is 0 Å². The lowest BCUT2D eigenvalue weighted by atomic mass is 10.0. The normalized spacial score (nSPS) is 12.0. The molecule has 5 nitrogen and oxygen atoms in total. The van der Waals surface area contributed by atoms with Crippen molar-refractivity contribution in [2.45, 2.75) is 32.6 Å². The molecule has 0 radical (unpaired) electrons. The zero-order chi connectivity index (χ0) is 20.1. The van der Waals surface area contributed by atoms with E-state index < -0.39 is 5.63 Å². The van der Waals surface area contributed by atoms with Crippen molar-refractivity contribution in [3.8, 4) is 5.75 Å². The largest absolute Gasteiger partial charge is 0.497 e. The van der Waals surface area contributed by atoms with Gasteiger partial charge in [0.05, 0.1) is 7.11 Å². The van der Waals surface area contributed by atoms with Crippen LogP contribution in [0.3, 0.4) is 0 Å². The summed E-state index contributed by atoms with van der Waals surface area (Å²) >= 11 is 0. The fraction of sp³-hybridized carbons (Fsp3) is 0.304. The topological polar surface area (TPSA) is 68.5 Å². The number of ether oxygens (including phenoxy) is 1. The summed E-state index contributed by atoms with van der Waals surface area (Å²) in [6, 6.07) is 15.5. The molecular weight excluding hydrogens is 354 g/mol. The number of hydrogen-bond acceptors (Lipinski definition) is 4. The summed E-state index contributed by atoms with van der Waals surface area (Å²) in [6.45, 7) is 4.52. The van der Waals surface area contributed by atoms with E-state index in [1.165, 1.54) is 5.56 Å². The maximum Gasteiger partial charge on any atom is 0.339 e. The number of fused-ring (bicyclic) bond motifs is 1. The van der Waals surface area contributed by atoms with Crippen molar-refractivity contribution in [3.05, 3.63) is 75.6 Å². The number of aryl methyl sites for hydroxylation is 1. The van der Waals surface area contributed by atoms with Crippen LogP contribution in [0, 0.1) is 6.92 Å². The Morgan fingerprint density at radius 3 is 2.64 bits per heavy atom. The first-order valence-electron chi connectivity index (χ1n) is 9.41. The van der Waals surface area contributed by atoms with Crippen LogP contribution in [-0.4, -0.2) is 19.6 Å². The van der Waals surface area contributed by atoms with Gasteiger partial charge in [-0.15, -0.1) is 0 Å². The van der Waals surface area contributed by atoms with Crippen molar-refractivity contribution in [2.24, 2.45) is 0 Å². The van der Waals surface area contributed by atoms with E-state index in [9.17, 15) is 9.59 Å². The lowest BCUT2D eigenvalue weighted by molar-refractivity contribution is -0.121. The molecule has 0 fully saturated rings. The van der Waals surface area contributed by atoms with Crippen LogP contribution < -0.4 is 15.7 Å². The lowest BCUT2D eigenvalue weighted by Crippen LogP contribution is -2.28. The zero-order valence-corrected chi connectivity index (χ0v) is 16.5. The number of rotatable bonds is 7. The highest BCUT2D eigenvalue weighted by Gasteiger charge is 2.14. The summed E-state index contributed by atoms with van der Waals surface area (Å²) in [4.78, 5) is 24.6. The Bertz CT molecular complexity index is 1020. The first-order valence-corrected chi connectivity index (χ1v) is 9.41. The number of amides is 1. The molecule has 0 saturated carbocycles. The smallest absolute Gasteiger partial charge is 0.339 e. The van der Waals surface area contributed by atoms with E-state index in [-0.39, 0.29) is 18.2 Å². The average molecular weight is 379 g/mol. The lowest BCUT2D eigenvalue weighted by Gasteiger charge is -2.13. The molecule has 146 valence electrons. The fourth-order valence-electron chi connectivity index (χ4n) is 3.28. The van der Waals surface area contributed by atoms with Crippen LogP contribution in [0.25, 0.3) is 11.0 Å². The number of nitrogens with one attached hydrogen (secondary N) is 1. The van der Waals surface area contributed by atoms with Crippen LogP contribution in [0.5, 0.6) is 5.75 Å². The number of carbonyl (C=O) groups is 1. The number of methoxy groups -OCH3 is 1. The van der Waals surface area contributed by atoms with Crippen molar-refractivity contribution >= 4 is 16.9 Å². The monoisotopic (exact) mass is 379 g/mol. The maximum absolute atomic E-state index is 12.4. The van der Waals surface area contributed by atoms with Crippen LogP contribution in [0.1, 0.15) is 36.0 Å². The molecule has 0 aliphatic heterocycles. The van der Waals surface area contributed by atoms with E-state index in [1.807, 2.05) is 37.3 Å². The van der Waals surface area contributed by atoms with Gasteiger partial charge in [-0.2, -0.15) is 0 Å². The van der Waals surface area contributed by atoms with Crippen molar-refractivity contribution in [3.63, 3.8) is 0 Å². The summed E-state index contributed by atoms with van der Waals surface area (Å²) < 4.78 is 10.6. The van der Waals surface area contributed by atoms with E-state index in [2.05, 4.69) is 24.4 Å². The Balaban J connectivity index is 1.64. The minimum absolute atomic E-state index is 0.0728. The molecule has 3 aromatic rings. The Morgan fingerprint density at radius 1 is 1.18 bits per heavy atom. The van der Waals surface area contributed by atoms with Crippen LogP contribution in [0.15, 0.2) is 57.7 Å². The molecule has 1 aromatic heterocycles. The summed E-state index contributed by atoms with van der Waals surface area (Å²) in [5, 5.41) is 3.81. The Labute approximate surface area is 164 Å². The van der Waals surface area contributed by atoms with E-state index in [0.29, 0.717) is 29.9 Å². The third-order valence-electron chi connectivity index (χ3n) is 5.07. The quantitative estimate of drug-likeness (QED) is 0.631. The molecule has 1 N–H and O–H groups in total. The highest BCUT2D eigenvalue weighted by atomic mass is 16.5. The first-order chi connectivity index (χ1) is 13.5. The standard InChI is InChI=1S/C23H25NO4/c1-15(17-7-5-4-6-8-17)14-24-22(25)12-11-20-16(2)19-10-9-18(27-3)13-21(19)28-23(20)26/h4-10,13,15H,11-12,14H2,1-3H3,(H,24,25)/t15-/m1/s1. The first kappa shape index (κ1) is 19.7. The summed E-state index contributed by atoms with van der Waals surface area (Å²) in [6.07, 6.45) is 0.594. The van der Waals surface area contributed by atoms with E-state index in [4.69, 9.17) is 9.15 Å². The molecule has 1 heterocycles. The van der Waals surface area contributed by atoms with Gasteiger partial charge in [-0.25, -0.2) is 4.79 Å². The Hall–Kier alpha value is -3.08. The highest BCUT2D eigenvalue weighted by molar-refractivity contribution is 5.82. The van der Waals surface area contributed by atoms with Gasteiger partial charge < -0.3 is 14.5 Å². The van der Waals surface area contributed by atoms with Crippen LogP contribution in [0.4, 0.5) is 0 Å². The molecule has 1 atom stereocenters. The SMILES string of the molecule is COc1ccc2c(C)c(CCC(=O)NC[C@@H](C)c3ccccc3)c(=O)oc2c1. The molecule has 0 unspecified atom stereocenters. The predicted molar refractivity (Wildman–Crippen MR) is 110 cm³/mol. The number of hydrogen-bond donors (Lipinski definition) is 1. The second-order valence-electron chi connectivity index (χ2n) is 6.97. The second-order valence-corrected chi connectivity index (χ2v) is 6.97.